The van der Waals surface area contributed by atoms with Crippen molar-refractivity contribution in [2.45, 2.75) is 25.3 Å². The number of anilines is 1. The predicted molar refractivity (Wildman–Crippen MR) is 63.5 cm³/mol. The molecule has 0 aliphatic heterocycles. The maximum Gasteiger partial charge on any atom is 0.133 e. The van der Waals surface area contributed by atoms with Crippen LogP contribution >= 0.6 is 11.8 Å². The third-order valence-corrected chi connectivity index (χ3v) is 3.15. The van der Waals surface area contributed by atoms with Gasteiger partial charge in [0.1, 0.15) is 16.7 Å². The lowest BCUT2D eigenvalue weighted by Gasteiger charge is -2.09. The molecule has 0 saturated carbocycles. The minimum absolute atomic E-state index is 0.231. The van der Waals surface area contributed by atoms with Gasteiger partial charge >= 0.3 is 0 Å². The minimum Gasteiger partial charge on any atom is -0.396 e. The maximum atomic E-state index is 8.71. The van der Waals surface area contributed by atoms with Crippen molar-refractivity contribution in [3.05, 3.63) is 11.4 Å². The Kier molecular flexibility index (Phi) is 4.84. The Balaban J connectivity index is 2.81. The van der Waals surface area contributed by atoms with Gasteiger partial charge in [0.25, 0.3) is 0 Å². The molecule has 0 spiro atoms. The number of thioether (sulfide) groups is 1. The topological polar surface area (TPSA) is 58.0 Å². The molecule has 0 radical (unpaired) electrons. The van der Waals surface area contributed by atoms with Crippen molar-refractivity contribution < 1.29 is 5.11 Å². The van der Waals surface area contributed by atoms with Crippen molar-refractivity contribution in [1.29, 1.82) is 0 Å². The van der Waals surface area contributed by atoms with E-state index in [1.54, 1.807) is 11.8 Å². The van der Waals surface area contributed by atoms with Gasteiger partial charge < -0.3 is 10.4 Å². The lowest BCUT2D eigenvalue weighted by atomic mass is 10.3. The smallest absolute Gasteiger partial charge is 0.133 e. The second-order valence-corrected chi connectivity index (χ2v) is 4.31. The van der Waals surface area contributed by atoms with E-state index in [-0.39, 0.29) is 6.61 Å². The molecule has 1 aromatic heterocycles. The summed E-state index contributed by atoms with van der Waals surface area (Å²) in [6, 6.07) is 0. The molecule has 1 heterocycles. The van der Waals surface area contributed by atoms with Crippen LogP contribution in [-0.2, 0) is 0 Å². The molecule has 0 fully saturated rings. The zero-order valence-electron chi connectivity index (χ0n) is 9.37. The number of aliphatic hydroxyl groups excluding tert-OH is 1. The lowest BCUT2D eigenvalue weighted by Crippen LogP contribution is -2.02. The summed E-state index contributed by atoms with van der Waals surface area (Å²) < 4.78 is 0. The van der Waals surface area contributed by atoms with Crippen LogP contribution in [0.1, 0.15) is 17.8 Å². The first-order valence-corrected chi connectivity index (χ1v) is 5.94. The van der Waals surface area contributed by atoms with Crippen molar-refractivity contribution in [1.82, 2.24) is 9.97 Å². The van der Waals surface area contributed by atoms with E-state index in [4.69, 9.17) is 5.11 Å². The average molecular weight is 227 g/mol. The largest absolute Gasteiger partial charge is 0.396 e. The predicted octanol–water partition coefficient (Wildman–Crippen LogP) is 1.61. The zero-order valence-corrected chi connectivity index (χ0v) is 10.2. The fourth-order valence-electron chi connectivity index (χ4n) is 1.22. The van der Waals surface area contributed by atoms with Gasteiger partial charge in [-0.25, -0.2) is 9.97 Å². The Morgan fingerprint density at radius 3 is 2.67 bits per heavy atom. The molecule has 0 amide bonds. The zero-order chi connectivity index (χ0) is 11.3. The second kappa shape index (κ2) is 5.92. The lowest BCUT2D eigenvalue weighted by molar-refractivity contribution is 0.296. The molecule has 5 heteroatoms. The van der Waals surface area contributed by atoms with Crippen LogP contribution in [0.2, 0.25) is 0 Å². The van der Waals surface area contributed by atoms with Crippen molar-refractivity contribution in [2.75, 3.05) is 24.7 Å². The molecular weight excluding hydrogens is 210 g/mol. The fourth-order valence-corrected chi connectivity index (χ4v) is 2.20. The molecule has 0 aromatic carbocycles. The van der Waals surface area contributed by atoms with Gasteiger partial charge in [0, 0.05) is 25.0 Å². The summed E-state index contributed by atoms with van der Waals surface area (Å²) in [7, 11) is 1.86. The van der Waals surface area contributed by atoms with Gasteiger partial charge in [0.15, 0.2) is 0 Å². The monoisotopic (exact) mass is 227 g/mol. The minimum atomic E-state index is 0.231. The van der Waals surface area contributed by atoms with E-state index >= 15 is 0 Å². The van der Waals surface area contributed by atoms with Crippen LogP contribution in [0.4, 0.5) is 5.82 Å². The number of aromatic nitrogens is 2. The highest BCUT2D eigenvalue weighted by atomic mass is 32.2. The molecular formula is C10H17N3OS. The molecule has 0 atom stereocenters. The van der Waals surface area contributed by atoms with Gasteiger partial charge in [0.2, 0.25) is 0 Å². The van der Waals surface area contributed by atoms with Gasteiger partial charge in [-0.2, -0.15) is 0 Å². The van der Waals surface area contributed by atoms with Crippen LogP contribution in [0.15, 0.2) is 5.03 Å². The SMILES string of the molecule is CNc1nc(C)nc(SCCCO)c1C. The Morgan fingerprint density at radius 2 is 2.07 bits per heavy atom. The molecule has 1 aromatic rings. The van der Waals surface area contributed by atoms with Crippen molar-refractivity contribution in [3.63, 3.8) is 0 Å². The summed E-state index contributed by atoms with van der Waals surface area (Å²) in [5, 5.41) is 12.8. The first-order chi connectivity index (χ1) is 7.19. The maximum absolute atomic E-state index is 8.71. The van der Waals surface area contributed by atoms with Crippen LogP contribution in [0.5, 0.6) is 0 Å². The quantitative estimate of drug-likeness (QED) is 0.454. The Hall–Kier alpha value is -0.810. The van der Waals surface area contributed by atoms with Gasteiger partial charge in [-0.15, -0.1) is 11.8 Å². The molecule has 0 saturated heterocycles. The molecule has 0 bridgehead atoms. The van der Waals surface area contributed by atoms with Crippen LogP contribution in [-0.4, -0.2) is 34.5 Å². The highest BCUT2D eigenvalue weighted by molar-refractivity contribution is 7.99. The highest BCUT2D eigenvalue weighted by Crippen LogP contribution is 2.24. The Bertz CT molecular complexity index is 331. The van der Waals surface area contributed by atoms with Crippen LogP contribution in [0.3, 0.4) is 0 Å². The second-order valence-electron chi connectivity index (χ2n) is 3.23. The van der Waals surface area contributed by atoms with E-state index in [9.17, 15) is 0 Å². The van der Waals surface area contributed by atoms with Crippen molar-refractivity contribution in [2.24, 2.45) is 0 Å². The highest BCUT2D eigenvalue weighted by Gasteiger charge is 2.07. The van der Waals surface area contributed by atoms with E-state index in [0.717, 1.165) is 34.4 Å². The number of aliphatic hydroxyl groups is 1. The fraction of sp³-hybridized carbons (Fsp3) is 0.600. The van der Waals surface area contributed by atoms with E-state index in [2.05, 4.69) is 15.3 Å². The molecule has 0 aliphatic carbocycles. The number of aryl methyl sites for hydroxylation is 1. The van der Waals surface area contributed by atoms with Crippen molar-refractivity contribution in [3.8, 4) is 0 Å². The molecule has 84 valence electrons. The number of hydrogen-bond acceptors (Lipinski definition) is 5. The first-order valence-electron chi connectivity index (χ1n) is 4.95. The number of nitrogens with zero attached hydrogens (tertiary/aromatic N) is 2. The van der Waals surface area contributed by atoms with E-state index in [1.165, 1.54) is 0 Å². The van der Waals surface area contributed by atoms with Gasteiger partial charge in [-0.05, 0) is 20.3 Å². The average Bonchev–Trinajstić information content (AvgIpc) is 2.23. The van der Waals surface area contributed by atoms with Gasteiger partial charge in [-0.1, -0.05) is 0 Å². The Labute approximate surface area is 94.5 Å². The third kappa shape index (κ3) is 3.35. The summed E-state index contributed by atoms with van der Waals surface area (Å²) in [6.07, 6.45) is 0.794. The van der Waals surface area contributed by atoms with Crippen LogP contribution < -0.4 is 5.32 Å². The van der Waals surface area contributed by atoms with Gasteiger partial charge in [0.05, 0.1) is 0 Å². The van der Waals surface area contributed by atoms with Crippen LogP contribution in [0.25, 0.3) is 0 Å². The summed E-state index contributed by atoms with van der Waals surface area (Å²) in [4.78, 5) is 8.68. The van der Waals surface area contributed by atoms with E-state index in [1.807, 2.05) is 20.9 Å². The van der Waals surface area contributed by atoms with Crippen LogP contribution in [0, 0.1) is 13.8 Å². The summed E-state index contributed by atoms with van der Waals surface area (Å²) in [5.74, 6) is 2.54. The number of nitrogens with one attached hydrogen (secondary N) is 1. The van der Waals surface area contributed by atoms with E-state index in [0.29, 0.717) is 0 Å². The van der Waals surface area contributed by atoms with E-state index < -0.39 is 0 Å². The first kappa shape index (κ1) is 12.3. The number of rotatable bonds is 5. The van der Waals surface area contributed by atoms with Gasteiger partial charge in [-0.3, -0.25) is 0 Å². The summed E-state index contributed by atoms with van der Waals surface area (Å²) in [5.41, 5.74) is 1.08. The van der Waals surface area contributed by atoms with Crippen molar-refractivity contribution >= 4 is 17.6 Å². The summed E-state index contributed by atoms with van der Waals surface area (Å²) in [6.45, 7) is 4.12. The number of hydrogen-bond donors (Lipinski definition) is 2. The molecule has 0 unspecified atom stereocenters. The Morgan fingerprint density at radius 1 is 1.33 bits per heavy atom. The molecule has 2 N–H and O–H groups in total. The summed E-state index contributed by atoms with van der Waals surface area (Å²) >= 11 is 1.66. The molecule has 0 aliphatic rings. The molecule has 15 heavy (non-hydrogen) atoms. The third-order valence-electron chi connectivity index (χ3n) is 1.99. The standard InChI is InChI=1S/C10H17N3OS/c1-7-9(11-3)12-8(2)13-10(7)15-6-4-5-14/h14H,4-6H2,1-3H3,(H,11,12,13). The molecule has 4 nitrogen and oxygen atoms in total. The normalized spacial score (nSPS) is 10.4. The molecule has 1 rings (SSSR count).